The summed E-state index contributed by atoms with van der Waals surface area (Å²) in [4.78, 5) is 0. The van der Waals surface area contributed by atoms with E-state index >= 15 is 0 Å². The van der Waals surface area contributed by atoms with Gasteiger partial charge in [-0.05, 0) is 25.5 Å². The van der Waals surface area contributed by atoms with Crippen molar-refractivity contribution in [2.24, 2.45) is 0 Å². The largest absolute Gasteiger partial charge is 0.458 e. The van der Waals surface area contributed by atoms with E-state index in [-0.39, 0.29) is 0 Å². The molecule has 0 aliphatic rings. The molecular formula is C12H14O3. The smallest absolute Gasteiger partial charge is 0.137 e. The first-order valence-corrected chi connectivity index (χ1v) is 4.95. The molecule has 0 fully saturated rings. The van der Waals surface area contributed by atoms with Gasteiger partial charge in [0, 0.05) is 5.39 Å². The van der Waals surface area contributed by atoms with Crippen LogP contribution in [-0.4, -0.2) is 16.3 Å². The van der Waals surface area contributed by atoms with Crippen molar-refractivity contribution in [1.82, 2.24) is 0 Å². The molecule has 2 unspecified atom stereocenters. The number of hydrogen-bond donors (Lipinski definition) is 2. The van der Waals surface area contributed by atoms with Gasteiger partial charge in [0.1, 0.15) is 17.4 Å². The molecule has 0 saturated carbocycles. The quantitative estimate of drug-likeness (QED) is 0.791. The summed E-state index contributed by atoms with van der Waals surface area (Å²) in [5, 5.41) is 19.9. The number of fused-ring (bicyclic) bond motifs is 1. The minimum absolute atomic E-state index is 0.411. The van der Waals surface area contributed by atoms with Crippen LogP contribution in [0.5, 0.6) is 0 Å². The molecule has 2 N–H and O–H groups in total. The van der Waals surface area contributed by atoms with Gasteiger partial charge in [0.05, 0.1) is 6.10 Å². The fourth-order valence-electron chi connectivity index (χ4n) is 1.61. The van der Waals surface area contributed by atoms with Crippen LogP contribution in [0.25, 0.3) is 11.0 Å². The maximum absolute atomic E-state index is 9.65. The predicted octanol–water partition coefficient (Wildman–Crippen LogP) is 2.16. The van der Waals surface area contributed by atoms with Crippen molar-refractivity contribution in [3.63, 3.8) is 0 Å². The lowest BCUT2D eigenvalue weighted by atomic mass is 10.1. The van der Waals surface area contributed by atoms with Gasteiger partial charge in [0.15, 0.2) is 0 Å². The average Bonchev–Trinajstić information content (AvgIpc) is 2.61. The molecule has 0 radical (unpaired) electrons. The van der Waals surface area contributed by atoms with Crippen LogP contribution in [0, 0.1) is 6.92 Å². The zero-order valence-electron chi connectivity index (χ0n) is 8.77. The zero-order valence-corrected chi connectivity index (χ0v) is 8.77. The monoisotopic (exact) mass is 206 g/mol. The molecule has 1 aromatic heterocycles. The third-order valence-electron chi connectivity index (χ3n) is 2.51. The maximum Gasteiger partial charge on any atom is 0.137 e. The van der Waals surface area contributed by atoms with E-state index < -0.39 is 12.2 Å². The van der Waals surface area contributed by atoms with Crippen LogP contribution in [0.15, 0.2) is 28.7 Å². The highest BCUT2D eigenvalue weighted by molar-refractivity contribution is 5.80. The van der Waals surface area contributed by atoms with Crippen molar-refractivity contribution in [3.8, 4) is 0 Å². The van der Waals surface area contributed by atoms with Gasteiger partial charge in [-0.2, -0.15) is 0 Å². The van der Waals surface area contributed by atoms with Crippen molar-refractivity contribution in [2.45, 2.75) is 26.1 Å². The predicted molar refractivity (Wildman–Crippen MR) is 57.6 cm³/mol. The Bertz CT molecular complexity index is 471. The van der Waals surface area contributed by atoms with Gasteiger partial charge in [-0.25, -0.2) is 0 Å². The van der Waals surface area contributed by atoms with Gasteiger partial charge in [0.25, 0.3) is 0 Å². The SMILES string of the molecule is Cc1cccc2cc(C(O)C(C)O)oc12. The van der Waals surface area contributed by atoms with Gasteiger partial charge in [-0.15, -0.1) is 0 Å². The minimum atomic E-state index is -0.961. The third-order valence-corrected chi connectivity index (χ3v) is 2.51. The molecular weight excluding hydrogens is 192 g/mol. The van der Waals surface area contributed by atoms with Crippen molar-refractivity contribution < 1.29 is 14.6 Å². The number of rotatable bonds is 2. The molecule has 2 aromatic rings. The highest BCUT2D eigenvalue weighted by Gasteiger charge is 2.18. The lowest BCUT2D eigenvalue weighted by Crippen LogP contribution is -2.12. The summed E-state index contributed by atoms with van der Waals surface area (Å²) in [5.74, 6) is 0.411. The van der Waals surface area contributed by atoms with E-state index in [2.05, 4.69) is 0 Å². The zero-order chi connectivity index (χ0) is 11.0. The molecule has 2 atom stereocenters. The Labute approximate surface area is 88.0 Å². The summed E-state index contributed by atoms with van der Waals surface area (Å²) < 4.78 is 5.51. The van der Waals surface area contributed by atoms with E-state index in [1.54, 1.807) is 6.07 Å². The van der Waals surface area contributed by atoms with E-state index in [9.17, 15) is 10.2 Å². The molecule has 0 spiro atoms. The fraction of sp³-hybridized carbons (Fsp3) is 0.333. The van der Waals surface area contributed by atoms with Crippen molar-refractivity contribution in [2.75, 3.05) is 0 Å². The molecule has 2 rings (SSSR count). The van der Waals surface area contributed by atoms with Crippen LogP contribution < -0.4 is 0 Å². The first kappa shape index (κ1) is 10.2. The first-order chi connectivity index (χ1) is 7.09. The molecule has 15 heavy (non-hydrogen) atoms. The second-order valence-electron chi connectivity index (χ2n) is 3.83. The second-order valence-corrected chi connectivity index (χ2v) is 3.83. The van der Waals surface area contributed by atoms with E-state index in [4.69, 9.17) is 4.42 Å². The Hall–Kier alpha value is -1.32. The Morgan fingerprint density at radius 2 is 2.00 bits per heavy atom. The minimum Gasteiger partial charge on any atom is -0.458 e. The van der Waals surface area contributed by atoms with Crippen LogP contribution in [-0.2, 0) is 0 Å². The highest BCUT2D eigenvalue weighted by Crippen LogP contribution is 2.27. The van der Waals surface area contributed by atoms with Crippen molar-refractivity contribution in [1.29, 1.82) is 0 Å². The summed E-state index contributed by atoms with van der Waals surface area (Å²) in [6.45, 7) is 3.48. The van der Waals surface area contributed by atoms with Gasteiger partial charge >= 0.3 is 0 Å². The van der Waals surface area contributed by atoms with Crippen molar-refractivity contribution >= 4 is 11.0 Å². The highest BCUT2D eigenvalue weighted by atomic mass is 16.4. The number of aryl methyl sites for hydroxylation is 1. The van der Waals surface area contributed by atoms with Crippen LogP contribution in [0.1, 0.15) is 24.4 Å². The molecule has 1 heterocycles. The first-order valence-electron chi connectivity index (χ1n) is 4.95. The molecule has 0 aliphatic carbocycles. The topological polar surface area (TPSA) is 53.6 Å². The summed E-state index contributed by atoms with van der Waals surface area (Å²) in [5.41, 5.74) is 1.80. The van der Waals surface area contributed by atoms with Crippen molar-refractivity contribution in [3.05, 3.63) is 35.6 Å². The molecule has 3 heteroatoms. The van der Waals surface area contributed by atoms with Gasteiger partial charge in [-0.1, -0.05) is 18.2 Å². The standard InChI is InChI=1S/C12H14O3/c1-7-4-3-5-9-6-10(15-12(7)9)11(14)8(2)13/h3-6,8,11,13-14H,1-2H3. The van der Waals surface area contributed by atoms with E-state index in [0.717, 1.165) is 16.5 Å². The maximum atomic E-state index is 9.65. The number of aliphatic hydroxyl groups excluding tert-OH is 2. The molecule has 0 amide bonds. The summed E-state index contributed by atoms with van der Waals surface area (Å²) in [7, 11) is 0. The Balaban J connectivity index is 2.52. The molecule has 1 aromatic carbocycles. The van der Waals surface area contributed by atoms with E-state index in [0.29, 0.717) is 5.76 Å². The molecule has 0 bridgehead atoms. The average molecular weight is 206 g/mol. The fourth-order valence-corrected chi connectivity index (χ4v) is 1.61. The normalized spacial score (nSPS) is 15.5. The lowest BCUT2D eigenvalue weighted by molar-refractivity contribution is 0.0178. The number of furan rings is 1. The number of aliphatic hydroxyl groups is 2. The lowest BCUT2D eigenvalue weighted by Gasteiger charge is -2.09. The summed E-state index contributed by atoms with van der Waals surface area (Å²) >= 11 is 0. The van der Waals surface area contributed by atoms with Crippen LogP contribution in [0.2, 0.25) is 0 Å². The Morgan fingerprint density at radius 3 is 2.60 bits per heavy atom. The number of benzene rings is 1. The van der Waals surface area contributed by atoms with Crippen LogP contribution in [0.4, 0.5) is 0 Å². The van der Waals surface area contributed by atoms with Crippen LogP contribution in [0.3, 0.4) is 0 Å². The Morgan fingerprint density at radius 1 is 1.27 bits per heavy atom. The molecule has 3 nitrogen and oxygen atoms in total. The molecule has 0 aliphatic heterocycles. The Kier molecular flexibility index (Phi) is 2.50. The summed E-state index contributed by atoms with van der Waals surface area (Å²) in [6.07, 6.45) is -1.79. The van der Waals surface area contributed by atoms with Gasteiger partial charge < -0.3 is 14.6 Å². The van der Waals surface area contributed by atoms with Gasteiger partial charge in [0.2, 0.25) is 0 Å². The molecule has 80 valence electrons. The van der Waals surface area contributed by atoms with E-state index in [1.807, 2.05) is 25.1 Å². The number of para-hydroxylation sites is 1. The summed E-state index contributed by atoms with van der Waals surface area (Å²) in [6, 6.07) is 7.57. The van der Waals surface area contributed by atoms with Crippen LogP contribution >= 0.6 is 0 Å². The second kappa shape index (κ2) is 3.68. The van der Waals surface area contributed by atoms with Gasteiger partial charge in [-0.3, -0.25) is 0 Å². The third kappa shape index (κ3) is 1.76. The molecule has 0 saturated heterocycles. The van der Waals surface area contributed by atoms with E-state index in [1.165, 1.54) is 6.92 Å². The number of hydrogen-bond acceptors (Lipinski definition) is 3.